The molecule has 0 spiro atoms. The van der Waals surface area contributed by atoms with E-state index in [4.69, 9.17) is 9.84 Å². The maximum atomic E-state index is 12.5. The molecule has 0 bridgehead atoms. The fourth-order valence-corrected chi connectivity index (χ4v) is 4.39. The Balaban J connectivity index is 1.29. The quantitative estimate of drug-likeness (QED) is 0.568. The molecular weight excluding hydrogens is 414 g/mol. The molecule has 160 valence electrons. The first-order valence-electron chi connectivity index (χ1n) is 10.2. The number of benzene rings is 2. The van der Waals surface area contributed by atoms with Crippen molar-refractivity contribution in [2.75, 3.05) is 5.32 Å². The van der Waals surface area contributed by atoms with Gasteiger partial charge in [0.05, 0.1) is 12.0 Å². The molecule has 0 radical (unpaired) electrons. The SMILES string of the molecule is O=C(Nc1nnc(Cc2ccccc2)s1)c1ccc(OC2CCC(C(=O)O)CC2)cc1. The van der Waals surface area contributed by atoms with Crippen LogP contribution in [-0.2, 0) is 11.2 Å². The highest BCUT2D eigenvalue weighted by Crippen LogP contribution is 2.28. The number of ether oxygens (including phenoxy) is 1. The van der Waals surface area contributed by atoms with Crippen molar-refractivity contribution in [1.29, 1.82) is 0 Å². The van der Waals surface area contributed by atoms with Gasteiger partial charge in [0.25, 0.3) is 5.91 Å². The second kappa shape index (κ2) is 9.70. The molecule has 1 amide bonds. The summed E-state index contributed by atoms with van der Waals surface area (Å²) in [7, 11) is 0. The van der Waals surface area contributed by atoms with Crippen molar-refractivity contribution in [3.63, 3.8) is 0 Å². The molecule has 31 heavy (non-hydrogen) atoms. The summed E-state index contributed by atoms with van der Waals surface area (Å²) in [6.45, 7) is 0. The van der Waals surface area contributed by atoms with Crippen LogP contribution in [0.1, 0.15) is 46.6 Å². The molecule has 2 N–H and O–H groups in total. The molecular formula is C23H23N3O4S. The molecule has 1 aliphatic carbocycles. The summed E-state index contributed by atoms with van der Waals surface area (Å²) in [5, 5.41) is 21.4. The first kappa shape index (κ1) is 21.0. The van der Waals surface area contributed by atoms with E-state index in [9.17, 15) is 9.59 Å². The fraction of sp³-hybridized carbons (Fsp3) is 0.304. The average Bonchev–Trinajstić information content (AvgIpc) is 3.22. The number of aromatic nitrogens is 2. The molecule has 4 rings (SSSR count). The van der Waals surface area contributed by atoms with Gasteiger partial charge in [-0.3, -0.25) is 14.9 Å². The minimum Gasteiger partial charge on any atom is -0.490 e. The number of carboxylic acid groups (broad SMARTS) is 1. The van der Waals surface area contributed by atoms with Gasteiger partial charge >= 0.3 is 5.97 Å². The number of hydrogen-bond donors (Lipinski definition) is 2. The predicted molar refractivity (Wildman–Crippen MR) is 118 cm³/mol. The molecule has 8 heteroatoms. The highest BCUT2D eigenvalue weighted by molar-refractivity contribution is 7.15. The number of anilines is 1. The Morgan fingerprint density at radius 1 is 1.00 bits per heavy atom. The highest BCUT2D eigenvalue weighted by atomic mass is 32.1. The van der Waals surface area contributed by atoms with Crippen LogP contribution >= 0.6 is 11.3 Å². The van der Waals surface area contributed by atoms with Gasteiger partial charge in [0.15, 0.2) is 0 Å². The van der Waals surface area contributed by atoms with Gasteiger partial charge in [-0.15, -0.1) is 10.2 Å². The van der Waals surface area contributed by atoms with Crippen molar-refractivity contribution < 1.29 is 19.4 Å². The van der Waals surface area contributed by atoms with E-state index in [0.29, 0.717) is 35.7 Å². The van der Waals surface area contributed by atoms with Crippen molar-refractivity contribution in [1.82, 2.24) is 10.2 Å². The smallest absolute Gasteiger partial charge is 0.306 e. The average molecular weight is 438 g/mol. The van der Waals surface area contributed by atoms with Gasteiger partial charge in [-0.2, -0.15) is 0 Å². The lowest BCUT2D eigenvalue weighted by molar-refractivity contribution is -0.143. The summed E-state index contributed by atoms with van der Waals surface area (Å²) in [6, 6.07) is 16.9. The molecule has 1 fully saturated rings. The van der Waals surface area contributed by atoms with E-state index in [1.807, 2.05) is 30.3 Å². The largest absolute Gasteiger partial charge is 0.490 e. The van der Waals surface area contributed by atoms with Gasteiger partial charge in [0.1, 0.15) is 10.8 Å². The number of rotatable bonds is 7. The summed E-state index contributed by atoms with van der Waals surface area (Å²) in [4.78, 5) is 23.6. The van der Waals surface area contributed by atoms with E-state index in [2.05, 4.69) is 15.5 Å². The van der Waals surface area contributed by atoms with Gasteiger partial charge in [-0.05, 0) is 55.5 Å². The molecule has 1 aromatic heterocycles. The predicted octanol–water partition coefficient (Wildman–Crippen LogP) is 4.40. The van der Waals surface area contributed by atoms with E-state index in [0.717, 1.165) is 23.4 Å². The van der Waals surface area contributed by atoms with Crippen LogP contribution in [0, 0.1) is 5.92 Å². The van der Waals surface area contributed by atoms with Crippen LogP contribution in [0.4, 0.5) is 5.13 Å². The first-order valence-corrected chi connectivity index (χ1v) is 11.1. The summed E-state index contributed by atoms with van der Waals surface area (Å²) >= 11 is 1.36. The third kappa shape index (κ3) is 5.67. The molecule has 0 atom stereocenters. The second-order valence-electron chi connectivity index (χ2n) is 7.57. The Morgan fingerprint density at radius 3 is 2.39 bits per heavy atom. The number of carboxylic acids is 1. The van der Waals surface area contributed by atoms with Gasteiger partial charge in [-0.25, -0.2) is 0 Å². The van der Waals surface area contributed by atoms with E-state index < -0.39 is 5.97 Å². The molecule has 1 saturated carbocycles. The van der Waals surface area contributed by atoms with Crippen LogP contribution in [-0.4, -0.2) is 33.3 Å². The normalized spacial score (nSPS) is 18.3. The molecule has 0 aliphatic heterocycles. The molecule has 3 aromatic rings. The Morgan fingerprint density at radius 2 is 1.71 bits per heavy atom. The van der Waals surface area contributed by atoms with Crippen molar-refractivity contribution in [3.8, 4) is 5.75 Å². The van der Waals surface area contributed by atoms with E-state index in [1.165, 1.54) is 11.3 Å². The molecule has 7 nitrogen and oxygen atoms in total. The zero-order valence-corrected chi connectivity index (χ0v) is 17.7. The lowest BCUT2D eigenvalue weighted by Crippen LogP contribution is -2.27. The Kier molecular flexibility index (Phi) is 6.57. The van der Waals surface area contributed by atoms with Crippen LogP contribution in [0.25, 0.3) is 0 Å². The number of nitrogens with zero attached hydrogens (tertiary/aromatic N) is 2. The molecule has 0 unspecified atom stereocenters. The lowest BCUT2D eigenvalue weighted by atomic mass is 9.87. The standard InChI is InChI=1S/C23H23N3O4S/c27-21(24-23-26-25-20(31-23)14-15-4-2-1-3-5-15)16-6-10-18(11-7-16)30-19-12-8-17(9-13-19)22(28)29/h1-7,10-11,17,19H,8-9,12-14H2,(H,28,29)(H,24,26,27). The number of nitrogens with one attached hydrogen (secondary N) is 1. The van der Waals surface area contributed by atoms with Gasteiger partial charge in [0.2, 0.25) is 5.13 Å². The van der Waals surface area contributed by atoms with Crippen molar-refractivity contribution >= 4 is 28.3 Å². The maximum absolute atomic E-state index is 12.5. The number of amides is 1. The lowest BCUT2D eigenvalue weighted by Gasteiger charge is -2.26. The highest BCUT2D eigenvalue weighted by Gasteiger charge is 2.26. The topological polar surface area (TPSA) is 101 Å². The zero-order valence-electron chi connectivity index (χ0n) is 16.9. The van der Waals surface area contributed by atoms with Crippen LogP contribution in [0.2, 0.25) is 0 Å². The monoisotopic (exact) mass is 437 g/mol. The fourth-order valence-electron chi connectivity index (χ4n) is 3.62. The number of carbonyl (C=O) groups excluding carboxylic acids is 1. The van der Waals surface area contributed by atoms with Gasteiger partial charge in [0, 0.05) is 12.0 Å². The van der Waals surface area contributed by atoms with E-state index >= 15 is 0 Å². The molecule has 0 saturated heterocycles. The van der Waals surface area contributed by atoms with Crippen molar-refractivity contribution in [2.24, 2.45) is 5.92 Å². The number of aliphatic carboxylic acids is 1. The van der Waals surface area contributed by atoms with Gasteiger partial charge in [-0.1, -0.05) is 41.7 Å². The summed E-state index contributed by atoms with van der Waals surface area (Å²) in [6.07, 6.45) is 3.40. The first-order chi connectivity index (χ1) is 15.1. The van der Waals surface area contributed by atoms with E-state index in [-0.39, 0.29) is 17.9 Å². The molecule has 1 heterocycles. The number of hydrogen-bond acceptors (Lipinski definition) is 6. The Hall–Kier alpha value is -3.26. The van der Waals surface area contributed by atoms with Crippen LogP contribution < -0.4 is 10.1 Å². The maximum Gasteiger partial charge on any atom is 0.306 e. The third-order valence-electron chi connectivity index (χ3n) is 5.33. The molecule has 1 aliphatic rings. The number of carbonyl (C=O) groups is 2. The minimum absolute atomic E-state index is 0.0136. The van der Waals surface area contributed by atoms with Crippen LogP contribution in [0.3, 0.4) is 0 Å². The van der Waals surface area contributed by atoms with Crippen LogP contribution in [0.5, 0.6) is 5.75 Å². The van der Waals surface area contributed by atoms with Crippen molar-refractivity contribution in [2.45, 2.75) is 38.2 Å². The zero-order chi connectivity index (χ0) is 21.6. The Labute approximate surface area is 184 Å². The van der Waals surface area contributed by atoms with E-state index in [1.54, 1.807) is 24.3 Å². The van der Waals surface area contributed by atoms with Crippen molar-refractivity contribution in [3.05, 3.63) is 70.7 Å². The minimum atomic E-state index is -0.726. The summed E-state index contributed by atoms with van der Waals surface area (Å²) in [5.41, 5.74) is 1.64. The third-order valence-corrected chi connectivity index (χ3v) is 6.17. The summed E-state index contributed by atoms with van der Waals surface area (Å²) < 4.78 is 5.95. The summed E-state index contributed by atoms with van der Waals surface area (Å²) in [5.74, 6) is -0.566. The second-order valence-corrected chi connectivity index (χ2v) is 8.63. The van der Waals surface area contributed by atoms with Crippen LogP contribution in [0.15, 0.2) is 54.6 Å². The molecule has 2 aromatic carbocycles. The van der Waals surface area contributed by atoms with Gasteiger partial charge < -0.3 is 9.84 Å². The Bertz CT molecular complexity index is 1030.